The van der Waals surface area contributed by atoms with Crippen molar-refractivity contribution in [3.05, 3.63) is 23.3 Å². The molecular formula is C14H18N2O4. The number of nitrogens with one attached hydrogen (secondary N) is 1. The van der Waals surface area contributed by atoms with Crippen molar-refractivity contribution < 1.29 is 19.7 Å². The van der Waals surface area contributed by atoms with Crippen LogP contribution in [0.15, 0.2) is 12.1 Å². The molecule has 2 aliphatic heterocycles. The molecule has 1 saturated heterocycles. The lowest BCUT2D eigenvalue weighted by Crippen LogP contribution is -2.44. The largest absolute Gasteiger partial charge is 0.505 e. The summed E-state index contributed by atoms with van der Waals surface area (Å²) in [7, 11) is 1.54. The number of carbonyl (C=O) groups excluding carboxylic acids is 1. The Morgan fingerprint density at radius 1 is 1.45 bits per heavy atom. The molecule has 6 nitrogen and oxygen atoms in total. The molecule has 2 heterocycles. The highest BCUT2D eigenvalue weighted by Gasteiger charge is 2.43. The Kier molecular flexibility index (Phi) is 3.07. The first-order chi connectivity index (χ1) is 9.52. The molecule has 1 amide bonds. The summed E-state index contributed by atoms with van der Waals surface area (Å²) < 4.78 is 5.41. The van der Waals surface area contributed by atoms with Crippen LogP contribution in [0.25, 0.3) is 0 Å². The number of aliphatic hydroxyl groups excluding tert-OH is 1. The number of rotatable bonds is 1. The molecule has 3 N–H and O–H groups in total. The predicted molar refractivity (Wildman–Crippen MR) is 72.7 cm³/mol. The maximum Gasteiger partial charge on any atom is 0.256 e. The van der Waals surface area contributed by atoms with Crippen LogP contribution >= 0.6 is 0 Å². The van der Waals surface area contributed by atoms with Crippen molar-refractivity contribution >= 4 is 11.6 Å². The van der Waals surface area contributed by atoms with Gasteiger partial charge in [-0.1, -0.05) is 6.07 Å². The van der Waals surface area contributed by atoms with Gasteiger partial charge >= 0.3 is 0 Å². The normalized spacial score (nSPS) is 28.6. The first-order valence-electron chi connectivity index (χ1n) is 6.64. The quantitative estimate of drug-likeness (QED) is 0.658. The Morgan fingerprint density at radius 3 is 2.90 bits per heavy atom. The summed E-state index contributed by atoms with van der Waals surface area (Å²) >= 11 is 0. The number of aromatic hydroxyl groups is 1. The molecule has 0 aromatic heterocycles. The first kappa shape index (κ1) is 13.2. The van der Waals surface area contributed by atoms with Gasteiger partial charge in [0, 0.05) is 13.7 Å². The SMILES string of the molecule is COC1Nc2c(ccc(C)c2O)C(=O)N2CC(O)CC12. The number of phenols is 1. The summed E-state index contributed by atoms with van der Waals surface area (Å²) in [5.74, 6) is -0.122. The zero-order chi connectivity index (χ0) is 14.4. The Morgan fingerprint density at radius 2 is 2.20 bits per heavy atom. The van der Waals surface area contributed by atoms with Crippen molar-refractivity contribution in [1.82, 2.24) is 4.90 Å². The standard InChI is InChI=1S/C14H18N2O4/c1-7-3-4-9-11(12(7)18)15-13(20-2)10-5-8(17)6-16(10)14(9)19/h3-4,8,10,13,15,17-18H,5-6H2,1-2H3. The minimum atomic E-state index is -0.538. The topological polar surface area (TPSA) is 82.0 Å². The van der Waals surface area contributed by atoms with Crippen LogP contribution in [0, 0.1) is 6.92 Å². The second-order valence-corrected chi connectivity index (χ2v) is 5.37. The maximum absolute atomic E-state index is 12.6. The number of fused-ring (bicyclic) bond motifs is 2. The number of carbonyl (C=O) groups is 1. The average molecular weight is 278 g/mol. The molecule has 2 aliphatic rings. The molecule has 20 heavy (non-hydrogen) atoms. The molecule has 3 atom stereocenters. The molecular weight excluding hydrogens is 260 g/mol. The number of ether oxygens (including phenoxy) is 1. The summed E-state index contributed by atoms with van der Waals surface area (Å²) in [6, 6.07) is 3.16. The van der Waals surface area contributed by atoms with Gasteiger partial charge < -0.3 is 25.2 Å². The maximum atomic E-state index is 12.6. The minimum absolute atomic E-state index is 0.0691. The van der Waals surface area contributed by atoms with Gasteiger partial charge in [-0.3, -0.25) is 4.79 Å². The number of aryl methyl sites for hydroxylation is 1. The van der Waals surface area contributed by atoms with E-state index in [1.165, 1.54) is 0 Å². The number of hydrogen-bond donors (Lipinski definition) is 3. The molecule has 3 unspecified atom stereocenters. The molecule has 1 aromatic carbocycles. The summed E-state index contributed by atoms with van der Waals surface area (Å²) in [6.07, 6.45) is -0.528. The van der Waals surface area contributed by atoms with Gasteiger partial charge in [0.1, 0.15) is 12.0 Å². The van der Waals surface area contributed by atoms with Gasteiger partial charge in [-0.05, 0) is 25.0 Å². The van der Waals surface area contributed by atoms with Crippen molar-refractivity contribution in [1.29, 1.82) is 0 Å². The van der Waals surface area contributed by atoms with Gasteiger partial charge in [0.05, 0.1) is 23.4 Å². The van der Waals surface area contributed by atoms with Gasteiger partial charge in [-0.25, -0.2) is 0 Å². The van der Waals surface area contributed by atoms with Crippen LogP contribution in [-0.4, -0.2) is 53.0 Å². The summed E-state index contributed by atoms with van der Waals surface area (Å²) in [5.41, 5.74) is 1.51. The van der Waals surface area contributed by atoms with E-state index in [0.717, 1.165) is 0 Å². The summed E-state index contributed by atoms with van der Waals surface area (Å²) in [4.78, 5) is 14.2. The molecule has 0 saturated carbocycles. The lowest BCUT2D eigenvalue weighted by molar-refractivity contribution is 0.0420. The van der Waals surface area contributed by atoms with E-state index in [-0.39, 0.29) is 17.7 Å². The Hall–Kier alpha value is -1.79. The van der Waals surface area contributed by atoms with E-state index in [9.17, 15) is 15.0 Å². The number of aliphatic hydroxyl groups is 1. The molecule has 0 aliphatic carbocycles. The lowest BCUT2D eigenvalue weighted by atomic mass is 10.1. The zero-order valence-corrected chi connectivity index (χ0v) is 11.5. The highest BCUT2D eigenvalue weighted by Crippen LogP contribution is 2.37. The van der Waals surface area contributed by atoms with Crippen LogP contribution in [0.1, 0.15) is 22.3 Å². The van der Waals surface area contributed by atoms with Crippen LogP contribution in [0.4, 0.5) is 5.69 Å². The van der Waals surface area contributed by atoms with E-state index in [1.807, 2.05) is 0 Å². The summed E-state index contributed by atoms with van der Waals surface area (Å²) in [5, 5.41) is 23.1. The Labute approximate surface area is 117 Å². The van der Waals surface area contributed by atoms with Gasteiger partial charge in [0.15, 0.2) is 0 Å². The van der Waals surface area contributed by atoms with Gasteiger partial charge in [0.25, 0.3) is 5.91 Å². The molecule has 0 spiro atoms. The van der Waals surface area contributed by atoms with E-state index in [0.29, 0.717) is 29.8 Å². The molecule has 0 radical (unpaired) electrons. The van der Waals surface area contributed by atoms with Crippen LogP contribution in [0.5, 0.6) is 5.75 Å². The molecule has 6 heteroatoms. The van der Waals surface area contributed by atoms with Crippen molar-refractivity contribution in [2.75, 3.05) is 19.0 Å². The third-order valence-electron chi connectivity index (χ3n) is 4.08. The second-order valence-electron chi connectivity index (χ2n) is 5.37. The number of phenolic OH excluding ortho intramolecular Hbond substituents is 1. The van der Waals surface area contributed by atoms with Gasteiger partial charge in [-0.2, -0.15) is 0 Å². The van der Waals surface area contributed by atoms with Crippen LogP contribution in [0.2, 0.25) is 0 Å². The fraction of sp³-hybridized carbons (Fsp3) is 0.500. The van der Waals surface area contributed by atoms with Gasteiger partial charge in [0.2, 0.25) is 0 Å². The zero-order valence-electron chi connectivity index (χ0n) is 11.5. The minimum Gasteiger partial charge on any atom is -0.505 e. The molecule has 108 valence electrons. The number of hydrogen-bond acceptors (Lipinski definition) is 5. The molecule has 0 bridgehead atoms. The van der Waals surface area contributed by atoms with Crippen LogP contribution in [0.3, 0.4) is 0 Å². The molecule has 1 fully saturated rings. The number of methoxy groups -OCH3 is 1. The number of anilines is 1. The second kappa shape index (κ2) is 4.64. The predicted octanol–water partition coefficient (Wildman–Crippen LogP) is 0.674. The van der Waals surface area contributed by atoms with E-state index >= 15 is 0 Å². The monoisotopic (exact) mass is 278 g/mol. The Balaban J connectivity index is 2.11. The number of nitrogens with zero attached hydrogens (tertiary/aromatic N) is 1. The lowest BCUT2D eigenvalue weighted by Gasteiger charge is -2.27. The Bertz CT molecular complexity index is 560. The van der Waals surface area contributed by atoms with Crippen molar-refractivity contribution in [3.63, 3.8) is 0 Å². The van der Waals surface area contributed by atoms with Crippen LogP contribution in [-0.2, 0) is 4.74 Å². The van der Waals surface area contributed by atoms with Crippen molar-refractivity contribution in [2.24, 2.45) is 0 Å². The molecule has 3 rings (SSSR count). The van der Waals surface area contributed by atoms with E-state index in [1.54, 1.807) is 31.1 Å². The van der Waals surface area contributed by atoms with Crippen molar-refractivity contribution in [2.45, 2.75) is 31.7 Å². The van der Waals surface area contributed by atoms with Crippen molar-refractivity contribution in [3.8, 4) is 5.75 Å². The number of amides is 1. The van der Waals surface area contributed by atoms with E-state index in [4.69, 9.17) is 4.74 Å². The average Bonchev–Trinajstić information content (AvgIpc) is 2.77. The third kappa shape index (κ3) is 1.83. The number of benzene rings is 1. The van der Waals surface area contributed by atoms with E-state index in [2.05, 4.69) is 5.32 Å². The third-order valence-corrected chi connectivity index (χ3v) is 4.08. The highest BCUT2D eigenvalue weighted by atomic mass is 16.5. The van der Waals surface area contributed by atoms with E-state index < -0.39 is 12.3 Å². The fourth-order valence-corrected chi connectivity index (χ4v) is 2.99. The summed E-state index contributed by atoms with van der Waals surface area (Å²) in [6.45, 7) is 2.07. The smallest absolute Gasteiger partial charge is 0.256 e. The van der Waals surface area contributed by atoms with Crippen LogP contribution < -0.4 is 5.32 Å². The fourth-order valence-electron chi connectivity index (χ4n) is 2.99. The highest BCUT2D eigenvalue weighted by molar-refractivity contribution is 6.02. The van der Waals surface area contributed by atoms with Gasteiger partial charge in [-0.15, -0.1) is 0 Å². The first-order valence-corrected chi connectivity index (χ1v) is 6.64. The molecule has 1 aromatic rings.